The quantitative estimate of drug-likeness (QED) is 0.0261. The number of hydrogen-bond acceptors (Lipinski definition) is 6. The van der Waals surface area contributed by atoms with Crippen molar-refractivity contribution in [1.29, 1.82) is 0 Å². The molecule has 0 radical (unpaired) electrons. The third-order valence-corrected chi connectivity index (χ3v) is 12.1. The molecule has 0 aromatic carbocycles. The number of rotatable bonds is 53. The first kappa shape index (κ1) is 73.2. The Morgan fingerprint density at radius 2 is 0.506 bits per heavy atom. The molecule has 6 nitrogen and oxygen atoms in total. The lowest BCUT2D eigenvalue weighted by Gasteiger charge is -2.18. The fourth-order valence-corrected chi connectivity index (χ4v) is 7.48. The summed E-state index contributed by atoms with van der Waals surface area (Å²) in [5.74, 6) is -1.06. The summed E-state index contributed by atoms with van der Waals surface area (Å²) in [4.78, 5) is 38.2. The Bertz CT molecular complexity index is 1920. The zero-order chi connectivity index (χ0) is 57.1. The first-order valence-electron chi connectivity index (χ1n) is 30.9. The van der Waals surface area contributed by atoms with Crippen LogP contribution in [0, 0.1) is 0 Å². The molecule has 438 valence electrons. The molecule has 0 spiro atoms. The van der Waals surface area contributed by atoms with E-state index in [4.69, 9.17) is 14.2 Å². The number of carbonyl (C=O) groups is 3. The predicted molar refractivity (Wildman–Crippen MR) is 343 cm³/mol. The second-order valence-electron chi connectivity index (χ2n) is 19.5. The van der Waals surface area contributed by atoms with Crippen LogP contribution in [0.5, 0.6) is 0 Å². The molecule has 0 amide bonds. The van der Waals surface area contributed by atoms with Gasteiger partial charge in [-0.15, -0.1) is 0 Å². The van der Waals surface area contributed by atoms with E-state index < -0.39 is 6.10 Å². The highest BCUT2D eigenvalue weighted by Crippen LogP contribution is 2.12. The smallest absolute Gasteiger partial charge is 0.306 e. The fraction of sp³-hybridized carbons (Fsp3) is 0.521. The summed E-state index contributed by atoms with van der Waals surface area (Å²) in [5.41, 5.74) is 0. The van der Waals surface area contributed by atoms with E-state index in [1.165, 1.54) is 19.3 Å². The lowest BCUT2D eigenvalue weighted by molar-refractivity contribution is -0.167. The molecular weight excluding hydrogens is 973 g/mol. The number of allylic oxidation sites excluding steroid dienone is 32. The van der Waals surface area contributed by atoms with Gasteiger partial charge >= 0.3 is 17.9 Å². The third kappa shape index (κ3) is 63.0. The van der Waals surface area contributed by atoms with Crippen LogP contribution in [0.1, 0.15) is 226 Å². The Morgan fingerprint density at radius 1 is 0.266 bits per heavy atom. The highest BCUT2D eigenvalue weighted by molar-refractivity contribution is 5.71. The van der Waals surface area contributed by atoms with E-state index >= 15 is 0 Å². The molecule has 0 aliphatic carbocycles. The zero-order valence-electron chi connectivity index (χ0n) is 50.0. The Kier molecular flexibility index (Phi) is 60.1. The van der Waals surface area contributed by atoms with Crippen molar-refractivity contribution in [2.75, 3.05) is 13.2 Å². The van der Waals surface area contributed by atoms with Crippen molar-refractivity contribution >= 4 is 17.9 Å². The highest BCUT2D eigenvalue weighted by Gasteiger charge is 2.19. The van der Waals surface area contributed by atoms with Crippen LogP contribution in [0.4, 0.5) is 0 Å². The van der Waals surface area contributed by atoms with E-state index in [2.05, 4.69) is 215 Å². The van der Waals surface area contributed by atoms with Crippen LogP contribution in [-0.2, 0) is 28.6 Å². The molecule has 79 heavy (non-hydrogen) atoms. The molecule has 0 saturated carbocycles. The Hall–Kier alpha value is -5.75. The van der Waals surface area contributed by atoms with Crippen LogP contribution in [0.25, 0.3) is 0 Å². The van der Waals surface area contributed by atoms with Gasteiger partial charge in [0, 0.05) is 19.3 Å². The predicted octanol–water partition coefficient (Wildman–Crippen LogP) is 21.4. The van der Waals surface area contributed by atoms with Gasteiger partial charge in [-0.3, -0.25) is 14.4 Å². The van der Waals surface area contributed by atoms with Crippen molar-refractivity contribution in [3.63, 3.8) is 0 Å². The van der Waals surface area contributed by atoms with Gasteiger partial charge in [-0.1, -0.05) is 247 Å². The molecule has 0 fully saturated rings. The summed E-state index contributed by atoms with van der Waals surface area (Å²) < 4.78 is 16.8. The first-order valence-corrected chi connectivity index (χ1v) is 30.9. The summed E-state index contributed by atoms with van der Waals surface area (Å²) in [5, 5.41) is 0. The Morgan fingerprint density at radius 3 is 0.861 bits per heavy atom. The van der Waals surface area contributed by atoms with Gasteiger partial charge in [-0.25, -0.2) is 0 Å². The molecule has 1 unspecified atom stereocenters. The molecule has 1 atom stereocenters. The number of unbranched alkanes of at least 4 members (excludes halogenated alkanes) is 10. The van der Waals surface area contributed by atoms with Gasteiger partial charge in [-0.05, 0) is 154 Å². The maximum atomic E-state index is 12.9. The van der Waals surface area contributed by atoms with Crippen LogP contribution in [-0.4, -0.2) is 37.2 Å². The number of ether oxygens (including phenoxy) is 3. The van der Waals surface area contributed by atoms with Gasteiger partial charge in [0.05, 0.1) is 0 Å². The van der Waals surface area contributed by atoms with Gasteiger partial charge in [-0.2, -0.15) is 0 Å². The standard InChI is InChI=1S/C73H110O6/c1-4-7-10-13-16-19-22-24-26-28-30-32-33-34-35-36-37-38-39-41-42-44-46-48-51-54-57-60-63-66-72(75)78-69-70(68-77-71(74)65-62-59-56-53-50-21-18-15-12-9-6-3)79-73(76)67-64-61-58-55-52-49-47-45-43-40-31-29-27-25-23-20-17-14-11-8-5-2/h7-8,10-11,15-20,24-27,30-32,34-35,37-38,40-42,45-48,52,54-55,57,70H,4-6,9,12-14,21-23,28-29,33,36,39,43-44,49-51,53,56,58-69H2,1-3H3/b10-7-,11-8-,18-15-,19-16-,20-17-,26-24-,27-25-,32-30-,35-34-,38-37-,40-31-,42-41-,47-45-,48-46-,55-52-,57-54-. The molecule has 0 aromatic heterocycles. The molecule has 0 heterocycles. The largest absolute Gasteiger partial charge is 0.462 e. The Labute approximate surface area is 484 Å². The molecule has 0 rings (SSSR count). The minimum absolute atomic E-state index is 0.129. The number of hydrogen-bond donors (Lipinski definition) is 0. The maximum Gasteiger partial charge on any atom is 0.306 e. The van der Waals surface area contributed by atoms with Gasteiger partial charge in [0.25, 0.3) is 0 Å². The SMILES string of the molecule is CC/C=C\C/C=C\C/C=C\C/C=C\C/C=C\C/C=C\C/C=C\C/C=C\C/C=C\CCCC(=O)OCC(COC(=O)CCCCCCC/C=C\CCCC)OC(=O)CCCC/C=C\C/C=C\C/C=C\C/C=C\C/C=C\C/C=C\CC. The van der Waals surface area contributed by atoms with Crippen LogP contribution in [0.3, 0.4) is 0 Å². The number of esters is 3. The molecule has 0 aliphatic heterocycles. The third-order valence-electron chi connectivity index (χ3n) is 12.1. The van der Waals surface area contributed by atoms with E-state index in [0.717, 1.165) is 154 Å². The minimum Gasteiger partial charge on any atom is -0.462 e. The topological polar surface area (TPSA) is 78.9 Å². The Balaban J connectivity index is 4.52. The second-order valence-corrected chi connectivity index (χ2v) is 19.5. The summed E-state index contributed by atoms with van der Waals surface area (Å²) in [6, 6.07) is 0. The lowest BCUT2D eigenvalue weighted by Crippen LogP contribution is -2.30. The summed E-state index contributed by atoms with van der Waals surface area (Å²) in [7, 11) is 0. The molecule has 0 aliphatic rings. The summed E-state index contributed by atoms with van der Waals surface area (Å²) in [6.07, 6.45) is 98.7. The first-order chi connectivity index (χ1) is 39.0. The second kappa shape index (κ2) is 64.8. The summed E-state index contributed by atoms with van der Waals surface area (Å²) in [6.45, 7) is 6.26. The highest BCUT2D eigenvalue weighted by atomic mass is 16.6. The van der Waals surface area contributed by atoms with E-state index in [9.17, 15) is 14.4 Å². The van der Waals surface area contributed by atoms with Crippen molar-refractivity contribution in [3.05, 3.63) is 194 Å². The van der Waals surface area contributed by atoms with Crippen LogP contribution in [0.15, 0.2) is 194 Å². The van der Waals surface area contributed by atoms with E-state index in [1.54, 1.807) is 0 Å². The maximum absolute atomic E-state index is 12.9. The fourth-order valence-electron chi connectivity index (χ4n) is 7.48. The average Bonchev–Trinajstić information content (AvgIpc) is 3.45. The zero-order valence-corrected chi connectivity index (χ0v) is 50.0. The molecule has 0 N–H and O–H groups in total. The molecular formula is C73H110O6. The van der Waals surface area contributed by atoms with Gasteiger partial charge in [0.15, 0.2) is 6.10 Å². The molecule has 6 heteroatoms. The molecule has 0 bridgehead atoms. The van der Waals surface area contributed by atoms with Crippen molar-refractivity contribution in [2.24, 2.45) is 0 Å². The van der Waals surface area contributed by atoms with E-state index in [-0.39, 0.29) is 44.0 Å². The van der Waals surface area contributed by atoms with Crippen molar-refractivity contribution < 1.29 is 28.6 Å². The van der Waals surface area contributed by atoms with Gasteiger partial charge in [0.2, 0.25) is 0 Å². The van der Waals surface area contributed by atoms with Crippen LogP contribution in [0.2, 0.25) is 0 Å². The summed E-state index contributed by atoms with van der Waals surface area (Å²) >= 11 is 0. The van der Waals surface area contributed by atoms with E-state index in [0.29, 0.717) is 19.3 Å². The molecule has 0 saturated heterocycles. The van der Waals surface area contributed by atoms with Crippen molar-refractivity contribution in [2.45, 2.75) is 232 Å². The molecule has 0 aromatic rings. The lowest BCUT2D eigenvalue weighted by atomic mass is 10.1. The van der Waals surface area contributed by atoms with Gasteiger partial charge in [0.1, 0.15) is 13.2 Å². The monoisotopic (exact) mass is 1080 g/mol. The normalized spacial score (nSPS) is 13.5. The number of carbonyl (C=O) groups excluding carboxylic acids is 3. The average molecular weight is 1080 g/mol. The van der Waals surface area contributed by atoms with Crippen molar-refractivity contribution in [3.8, 4) is 0 Å². The van der Waals surface area contributed by atoms with E-state index in [1.807, 2.05) is 0 Å². The van der Waals surface area contributed by atoms with Crippen LogP contribution >= 0.6 is 0 Å². The van der Waals surface area contributed by atoms with Crippen LogP contribution < -0.4 is 0 Å². The van der Waals surface area contributed by atoms with Gasteiger partial charge < -0.3 is 14.2 Å². The van der Waals surface area contributed by atoms with Crippen molar-refractivity contribution in [1.82, 2.24) is 0 Å². The minimum atomic E-state index is -0.840.